The minimum atomic E-state index is -0.0568. The van der Waals surface area contributed by atoms with Crippen molar-refractivity contribution in [1.82, 2.24) is 0 Å². The van der Waals surface area contributed by atoms with Gasteiger partial charge in [0.2, 0.25) is 0 Å². The van der Waals surface area contributed by atoms with Crippen LogP contribution in [-0.2, 0) is 6.61 Å². The molecule has 4 nitrogen and oxygen atoms in total. The predicted octanol–water partition coefficient (Wildman–Crippen LogP) is 3.49. The van der Waals surface area contributed by atoms with E-state index in [1.807, 2.05) is 24.3 Å². The van der Waals surface area contributed by atoms with Gasteiger partial charge < -0.3 is 14.2 Å². The normalized spacial score (nSPS) is 10.0. The van der Waals surface area contributed by atoms with Crippen LogP contribution >= 0.6 is 0 Å². The molecule has 0 aliphatic carbocycles. The van der Waals surface area contributed by atoms with Gasteiger partial charge >= 0.3 is 0 Å². The average molecular weight is 286 g/mol. The lowest BCUT2D eigenvalue weighted by molar-refractivity contribution is 0.101. The number of hydrogen-bond donors (Lipinski definition) is 0. The van der Waals surface area contributed by atoms with Crippen LogP contribution in [0.4, 0.5) is 0 Å². The second kappa shape index (κ2) is 6.79. The maximum Gasteiger partial charge on any atom is 0.172 e. The van der Waals surface area contributed by atoms with Crippen LogP contribution in [0.25, 0.3) is 0 Å². The quantitative estimate of drug-likeness (QED) is 0.763. The number of Topliss-reactive ketones (excluding diaryl/α,β-unsaturated/α-hetero) is 1. The number of ketones is 1. The van der Waals surface area contributed by atoms with Crippen molar-refractivity contribution in [2.45, 2.75) is 13.5 Å². The summed E-state index contributed by atoms with van der Waals surface area (Å²) in [6, 6.07) is 12.8. The molecule has 0 aliphatic heterocycles. The molecule has 0 atom stereocenters. The molecule has 0 aliphatic rings. The molecule has 0 saturated carbocycles. The van der Waals surface area contributed by atoms with Crippen LogP contribution in [0.5, 0.6) is 17.2 Å². The minimum Gasteiger partial charge on any atom is -0.497 e. The molecule has 0 radical (unpaired) electrons. The summed E-state index contributed by atoms with van der Waals surface area (Å²) in [5.74, 6) is 1.76. The number of carbonyl (C=O) groups excluding carboxylic acids is 1. The van der Waals surface area contributed by atoms with Crippen LogP contribution in [0.2, 0.25) is 0 Å². The van der Waals surface area contributed by atoms with Crippen molar-refractivity contribution in [3.63, 3.8) is 0 Å². The van der Waals surface area contributed by atoms with E-state index in [1.165, 1.54) is 6.92 Å². The third-order valence-corrected chi connectivity index (χ3v) is 3.12. The molecule has 2 aromatic rings. The Hall–Kier alpha value is -2.49. The van der Waals surface area contributed by atoms with Gasteiger partial charge in [-0.15, -0.1) is 0 Å². The van der Waals surface area contributed by atoms with Crippen molar-refractivity contribution in [3.8, 4) is 17.2 Å². The molecule has 0 fully saturated rings. The van der Waals surface area contributed by atoms with E-state index >= 15 is 0 Å². The SMILES string of the molecule is COc1ccc(COc2c(OC)cccc2C(C)=O)cc1. The highest BCUT2D eigenvalue weighted by Gasteiger charge is 2.14. The summed E-state index contributed by atoms with van der Waals surface area (Å²) < 4.78 is 16.2. The summed E-state index contributed by atoms with van der Waals surface area (Å²) in [5.41, 5.74) is 1.50. The predicted molar refractivity (Wildman–Crippen MR) is 80.3 cm³/mol. The lowest BCUT2D eigenvalue weighted by Crippen LogP contribution is -2.03. The lowest BCUT2D eigenvalue weighted by atomic mass is 10.1. The summed E-state index contributed by atoms with van der Waals surface area (Å²) in [4.78, 5) is 11.7. The second-order valence-electron chi connectivity index (χ2n) is 4.53. The maximum absolute atomic E-state index is 11.7. The first kappa shape index (κ1) is 14.9. The third kappa shape index (κ3) is 3.54. The van der Waals surface area contributed by atoms with Gasteiger partial charge in [-0.3, -0.25) is 4.79 Å². The topological polar surface area (TPSA) is 44.8 Å². The Labute approximate surface area is 124 Å². The highest BCUT2D eigenvalue weighted by molar-refractivity contribution is 5.97. The van der Waals surface area contributed by atoms with Gasteiger partial charge in [0.05, 0.1) is 19.8 Å². The van der Waals surface area contributed by atoms with Crippen molar-refractivity contribution in [2.75, 3.05) is 14.2 Å². The highest BCUT2D eigenvalue weighted by atomic mass is 16.5. The molecule has 21 heavy (non-hydrogen) atoms. The van der Waals surface area contributed by atoms with Crippen molar-refractivity contribution in [2.24, 2.45) is 0 Å². The van der Waals surface area contributed by atoms with E-state index in [0.717, 1.165) is 11.3 Å². The van der Waals surface area contributed by atoms with Gasteiger partial charge in [0.15, 0.2) is 17.3 Å². The molecule has 0 spiro atoms. The van der Waals surface area contributed by atoms with Gasteiger partial charge in [-0.05, 0) is 36.8 Å². The highest BCUT2D eigenvalue weighted by Crippen LogP contribution is 2.32. The van der Waals surface area contributed by atoms with Crippen molar-refractivity contribution in [3.05, 3.63) is 53.6 Å². The lowest BCUT2D eigenvalue weighted by Gasteiger charge is -2.14. The van der Waals surface area contributed by atoms with E-state index in [0.29, 0.717) is 23.7 Å². The molecule has 2 rings (SSSR count). The van der Waals surface area contributed by atoms with Crippen LogP contribution < -0.4 is 14.2 Å². The van der Waals surface area contributed by atoms with Crippen LogP contribution in [0.3, 0.4) is 0 Å². The molecular weight excluding hydrogens is 268 g/mol. The molecule has 0 unspecified atom stereocenters. The molecule has 2 aromatic carbocycles. The first-order valence-electron chi connectivity index (χ1n) is 6.59. The standard InChI is InChI=1S/C17H18O4/c1-12(18)15-5-4-6-16(20-3)17(15)21-11-13-7-9-14(19-2)10-8-13/h4-10H,11H2,1-3H3. The van der Waals surface area contributed by atoms with Gasteiger partial charge in [0, 0.05) is 0 Å². The number of benzene rings is 2. The van der Waals surface area contributed by atoms with Gasteiger partial charge in [-0.2, -0.15) is 0 Å². The molecule has 0 aromatic heterocycles. The molecule has 0 bridgehead atoms. The Morgan fingerprint density at radius 3 is 2.29 bits per heavy atom. The van der Waals surface area contributed by atoms with Crippen LogP contribution in [0, 0.1) is 0 Å². The molecule has 0 amide bonds. The van der Waals surface area contributed by atoms with E-state index in [4.69, 9.17) is 14.2 Å². The van der Waals surface area contributed by atoms with Gasteiger partial charge in [0.1, 0.15) is 12.4 Å². The zero-order valence-corrected chi connectivity index (χ0v) is 12.4. The zero-order chi connectivity index (χ0) is 15.2. The second-order valence-corrected chi connectivity index (χ2v) is 4.53. The van der Waals surface area contributed by atoms with E-state index < -0.39 is 0 Å². The molecule has 0 saturated heterocycles. The Balaban J connectivity index is 2.20. The zero-order valence-electron chi connectivity index (χ0n) is 12.4. The Morgan fingerprint density at radius 2 is 1.71 bits per heavy atom. The summed E-state index contributed by atoms with van der Waals surface area (Å²) in [6.45, 7) is 1.86. The van der Waals surface area contributed by atoms with E-state index in [1.54, 1.807) is 32.4 Å². The van der Waals surface area contributed by atoms with E-state index in [2.05, 4.69) is 0 Å². The molecule has 110 valence electrons. The van der Waals surface area contributed by atoms with Crippen molar-refractivity contribution in [1.29, 1.82) is 0 Å². The first-order chi connectivity index (χ1) is 10.2. The fourth-order valence-electron chi connectivity index (χ4n) is 1.98. The Bertz CT molecular complexity index is 617. The number of rotatable bonds is 6. The van der Waals surface area contributed by atoms with Crippen LogP contribution in [-0.4, -0.2) is 20.0 Å². The third-order valence-electron chi connectivity index (χ3n) is 3.12. The number of carbonyl (C=O) groups is 1. The number of para-hydroxylation sites is 1. The number of ether oxygens (including phenoxy) is 3. The monoisotopic (exact) mass is 286 g/mol. The number of hydrogen-bond acceptors (Lipinski definition) is 4. The molecule has 4 heteroatoms. The van der Waals surface area contributed by atoms with Crippen LogP contribution in [0.15, 0.2) is 42.5 Å². The molecule has 0 N–H and O–H groups in total. The summed E-state index contributed by atoms with van der Waals surface area (Å²) in [5, 5.41) is 0. The van der Waals surface area contributed by atoms with Gasteiger partial charge in [-0.1, -0.05) is 18.2 Å². The van der Waals surface area contributed by atoms with E-state index in [9.17, 15) is 4.79 Å². The smallest absolute Gasteiger partial charge is 0.172 e. The van der Waals surface area contributed by atoms with Crippen molar-refractivity contribution < 1.29 is 19.0 Å². The van der Waals surface area contributed by atoms with E-state index in [-0.39, 0.29) is 5.78 Å². The largest absolute Gasteiger partial charge is 0.497 e. The fourth-order valence-corrected chi connectivity index (χ4v) is 1.98. The summed E-state index contributed by atoms with van der Waals surface area (Å²) in [7, 11) is 3.18. The first-order valence-corrected chi connectivity index (χ1v) is 6.59. The number of methoxy groups -OCH3 is 2. The Morgan fingerprint density at radius 1 is 1.00 bits per heavy atom. The van der Waals surface area contributed by atoms with Crippen molar-refractivity contribution >= 4 is 5.78 Å². The Kier molecular flexibility index (Phi) is 4.82. The summed E-state index contributed by atoms with van der Waals surface area (Å²) >= 11 is 0. The molecular formula is C17H18O4. The minimum absolute atomic E-state index is 0.0568. The van der Waals surface area contributed by atoms with Gasteiger partial charge in [0.25, 0.3) is 0 Å². The summed E-state index contributed by atoms with van der Waals surface area (Å²) in [6.07, 6.45) is 0. The fraction of sp³-hybridized carbons (Fsp3) is 0.235. The van der Waals surface area contributed by atoms with Crippen LogP contribution in [0.1, 0.15) is 22.8 Å². The average Bonchev–Trinajstić information content (AvgIpc) is 2.52. The maximum atomic E-state index is 11.7. The van der Waals surface area contributed by atoms with Gasteiger partial charge in [-0.25, -0.2) is 0 Å². The molecule has 0 heterocycles.